The van der Waals surface area contributed by atoms with Gasteiger partial charge in [-0.05, 0) is 13.0 Å². The van der Waals surface area contributed by atoms with E-state index in [1.165, 1.54) is 0 Å². The molecular formula is C5H11NO4S. The minimum atomic E-state index is -2.60. The summed E-state index contributed by atoms with van der Waals surface area (Å²) in [6.07, 6.45) is 1.06. The van der Waals surface area contributed by atoms with E-state index >= 15 is 0 Å². The third kappa shape index (κ3) is 27.2. The third-order valence-corrected chi connectivity index (χ3v) is 0.905. The van der Waals surface area contributed by atoms with Crippen molar-refractivity contribution in [3.63, 3.8) is 0 Å². The maximum absolute atomic E-state index is 9.47. The van der Waals surface area contributed by atoms with Crippen LogP contribution < -0.4 is 5.73 Å². The van der Waals surface area contributed by atoms with Crippen molar-refractivity contribution >= 4 is 16.9 Å². The number of carbonyl (C=O) groups is 1. The molecule has 0 aliphatic carbocycles. The molecule has 66 valence electrons. The summed E-state index contributed by atoms with van der Waals surface area (Å²) in [5.74, 6) is -0.481. The number of thiol groups is 1. The molecule has 0 bridgehead atoms. The highest BCUT2D eigenvalue weighted by Gasteiger charge is 1.72. The van der Waals surface area contributed by atoms with E-state index < -0.39 is 16.9 Å². The van der Waals surface area contributed by atoms with Crippen LogP contribution >= 0.6 is 0 Å². The van der Waals surface area contributed by atoms with Crippen molar-refractivity contribution in [2.75, 3.05) is 6.61 Å². The van der Waals surface area contributed by atoms with E-state index in [-0.39, 0.29) is 6.61 Å². The minimum Gasteiger partial charge on any atom is -0.366 e. The molecule has 11 heavy (non-hydrogen) atoms. The lowest BCUT2D eigenvalue weighted by Gasteiger charge is -1.78. The Morgan fingerprint density at radius 2 is 2.09 bits per heavy atom. The molecule has 0 atom stereocenters. The standard InChI is InChI=1S/C3H5NO.C2H6O3S/c1-2-3(4)5;1-2-5-6(3)4/h2H,1H2,(H2,4,5);6H,2H2,1H3. The van der Waals surface area contributed by atoms with Gasteiger partial charge in [-0.15, -0.1) is 0 Å². The fraction of sp³-hybridized carbons (Fsp3) is 0.400. The van der Waals surface area contributed by atoms with Gasteiger partial charge in [0.2, 0.25) is 5.91 Å². The van der Waals surface area contributed by atoms with Crippen molar-refractivity contribution in [3.05, 3.63) is 12.7 Å². The molecule has 0 aromatic rings. The van der Waals surface area contributed by atoms with Gasteiger partial charge in [0.1, 0.15) is 0 Å². The monoisotopic (exact) mass is 181 g/mol. The summed E-state index contributed by atoms with van der Waals surface area (Å²) in [6, 6.07) is 0. The van der Waals surface area contributed by atoms with E-state index in [1.807, 2.05) is 0 Å². The lowest BCUT2D eigenvalue weighted by molar-refractivity contribution is -0.113. The number of amides is 1. The fourth-order valence-corrected chi connectivity index (χ4v) is 0.316. The molecule has 5 nitrogen and oxygen atoms in total. The van der Waals surface area contributed by atoms with E-state index in [4.69, 9.17) is 0 Å². The van der Waals surface area contributed by atoms with E-state index in [1.54, 1.807) is 6.92 Å². The molecule has 6 heteroatoms. The van der Waals surface area contributed by atoms with Crippen molar-refractivity contribution in [2.24, 2.45) is 5.73 Å². The Bertz CT molecular complexity index is 179. The Morgan fingerprint density at radius 3 is 2.09 bits per heavy atom. The van der Waals surface area contributed by atoms with Gasteiger partial charge in [0.05, 0.1) is 6.61 Å². The molecule has 0 radical (unpaired) electrons. The average Bonchev–Trinajstić information content (AvgIpc) is 1.89. The highest BCUT2D eigenvalue weighted by atomic mass is 32.2. The SMILES string of the molecule is C=CC(N)=O.CCO[SH](=O)=O. The Kier molecular flexibility index (Phi) is 10.6. The molecule has 2 N–H and O–H groups in total. The summed E-state index contributed by atoms with van der Waals surface area (Å²) in [5.41, 5.74) is 4.53. The van der Waals surface area contributed by atoms with Gasteiger partial charge in [-0.1, -0.05) is 6.58 Å². The van der Waals surface area contributed by atoms with E-state index in [0.717, 1.165) is 6.08 Å². The highest BCUT2D eigenvalue weighted by Crippen LogP contribution is 1.65. The first-order valence-electron chi connectivity index (χ1n) is 2.73. The maximum atomic E-state index is 9.47. The summed E-state index contributed by atoms with van der Waals surface area (Å²) in [6.45, 7) is 4.94. The summed E-state index contributed by atoms with van der Waals surface area (Å²) in [7, 11) is -2.60. The molecule has 0 saturated heterocycles. The Morgan fingerprint density at radius 1 is 1.73 bits per heavy atom. The van der Waals surface area contributed by atoms with Crippen LogP contribution in [0.3, 0.4) is 0 Å². The molecule has 1 amide bonds. The topological polar surface area (TPSA) is 86.5 Å². The first-order valence-corrected chi connectivity index (χ1v) is 3.83. The second kappa shape index (κ2) is 9.12. The van der Waals surface area contributed by atoms with Crippen molar-refractivity contribution in [2.45, 2.75) is 6.92 Å². The highest BCUT2D eigenvalue weighted by molar-refractivity contribution is 7.67. The number of hydrogen-bond donors (Lipinski definition) is 2. The largest absolute Gasteiger partial charge is 0.366 e. The first kappa shape index (κ1) is 12.8. The number of rotatable bonds is 3. The molecule has 0 fully saturated rings. The molecule has 0 unspecified atom stereocenters. The van der Waals surface area contributed by atoms with Gasteiger partial charge in [0.25, 0.3) is 11.0 Å². The lowest BCUT2D eigenvalue weighted by Crippen LogP contribution is -2.04. The van der Waals surface area contributed by atoms with Crippen LogP contribution in [0.1, 0.15) is 6.92 Å². The summed E-state index contributed by atoms with van der Waals surface area (Å²) in [5, 5.41) is 0. The summed E-state index contributed by atoms with van der Waals surface area (Å²) in [4.78, 5) is 9.47. The van der Waals surface area contributed by atoms with Gasteiger partial charge >= 0.3 is 0 Å². The number of nitrogens with two attached hydrogens (primary N) is 1. The van der Waals surface area contributed by atoms with Gasteiger partial charge in [-0.25, -0.2) is 8.42 Å². The average molecular weight is 181 g/mol. The van der Waals surface area contributed by atoms with Gasteiger partial charge < -0.3 is 5.73 Å². The number of primary amides is 1. The quantitative estimate of drug-likeness (QED) is 0.441. The van der Waals surface area contributed by atoms with E-state index in [9.17, 15) is 13.2 Å². The molecule has 0 aromatic carbocycles. The summed E-state index contributed by atoms with van der Waals surface area (Å²) >= 11 is 0. The molecule has 0 aliphatic rings. The van der Waals surface area contributed by atoms with Gasteiger partial charge in [0.15, 0.2) is 0 Å². The normalized spacial score (nSPS) is 8.18. The second-order valence-corrected chi connectivity index (χ2v) is 1.95. The fourth-order valence-electron chi connectivity index (χ4n) is 0.105. The number of carbonyl (C=O) groups excluding carboxylic acids is 1. The second-order valence-electron chi connectivity index (χ2n) is 1.25. The van der Waals surface area contributed by atoms with E-state index in [0.29, 0.717) is 0 Å². The Labute approximate surface area is 67.0 Å². The maximum Gasteiger partial charge on any atom is 0.257 e. The van der Waals surface area contributed by atoms with Crippen molar-refractivity contribution in [1.29, 1.82) is 0 Å². The lowest BCUT2D eigenvalue weighted by atomic mass is 10.6. The van der Waals surface area contributed by atoms with Gasteiger partial charge in [0, 0.05) is 0 Å². The predicted molar refractivity (Wildman–Crippen MR) is 41.3 cm³/mol. The van der Waals surface area contributed by atoms with Crippen LogP contribution in [0.2, 0.25) is 0 Å². The van der Waals surface area contributed by atoms with Crippen LogP contribution in [-0.2, 0) is 20.0 Å². The van der Waals surface area contributed by atoms with E-state index in [2.05, 4.69) is 16.5 Å². The zero-order valence-corrected chi connectivity index (χ0v) is 7.04. The van der Waals surface area contributed by atoms with Crippen LogP contribution in [-0.4, -0.2) is 20.9 Å². The minimum absolute atomic E-state index is 0.235. The molecule has 0 aromatic heterocycles. The zero-order valence-electron chi connectivity index (χ0n) is 6.15. The molecular weight excluding hydrogens is 170 g/mol. The molecule has 0 heterocycles. The first-order chi connectivity index (χ1) is 5.04. The third-order valence-electron chi connectivity index (χ3n) is 0.436. The Balaban J connectivity index is 0. The van der Waals surface area contributed by atoms with Crippen molar-refractivity contribution in [3.8, 4) is 0 Å². The Hall–Kier alpha value is -0.880. The van der Waals surface area contributed by atoms with Crippen LogP contribution in [0.25, 0.3) is 0 Å². The molecule has 0 rings (SSSR count). The van der Waals surface area contributed by atoms with Crippen LogP contribution in [0.4, 0.5) is 0 Å². The van der Waals surface area contributed by atoms with Gasteiger partial charge in [-0.3, -0.25) is 8.98 Å². The molecule has 0 spiro atoms. The van der Waals surface area contributed by atoms with Crippen LogP contribution in [0, 0.1) is 0 Å². The van der Waals surface area contributed by atoms with Crippen molar-refractivity contribution < 1.29 is 17.4 Å². The molecule has 0 aliphatic heterocycles. The predicted octanol–water partition coefficient (Wildman–Crippen LogP) is -0.793. The zero-order chi connectivity index (χ0) is 9.28. The van der Waals surface area contributed by atoms with Crippen LogP contribution in [0.15, 0.2) is 12.7 Å². The van der Waals surface area contributed by atoms with Crippen molar-refractivity contribution in [1.82, 2.24) is 0 Å². The van der Waals surface area contributed by atoms with Gasteiger partial charge in [-0.2, -0.15) is 0 Å². The summed E-state index contributed by atoms with van der Waals surface area (Å²) < 4.78 is 22.8. The van der Waals surface area contributed by atoms with Crippen LogP contribution in [0.5, 0.6) is 0 Å². The number of hydrogen-bond acceptors (Lipinski definition) is 4. The smallest absolute Gasteiger partial charge is 0.257 e. The molecule has 0 saturated carbocycles.